The second-order valence-electron chi connectivity index (χ2n) is 8.23. The number of thiophene rings is 1. The average Bonchev–Trinajstić information content (AvgIpc) is 2.96. The van der Waals surface area contributed by atoms with Crippen LogP contribution in [-0.2, 0) is 26.7 Å². The Kier molecular flexibility index (Phi) is 7.17. The lowest BCUT2D eigenvalue weighted by atomic mass is 9.90. The van der Waals surface area contributed by atoms with E-state index in [-0.39, 0.29) is 23.1 Å². The van der Waals surface area contributed by atoms with E-state index in [0.717, 1.165) is 12.3 Å². The fraction of sp³-hybridized carbons (Fsp3) is 0.500. The molecule has 10 heteroatoms. The maximum atomic E-state index is 14.4. The van der Waals surface area contributed by atoms with Crippen molar-refractivity contribution in [2.75, 3.05) is 0 Å². The standard InChI is InChI=1S/C20H27F2N3O3S2/c1-10(2)17-12(18(11(3)4)24-9-14(17)22)7-16(26)25-30(23,28)19-13(21)8-15(29-19)20(5,6)27/h8-11,27H,7H2,1-6H3,(H2,23,25,26,28). The number of rotatable bonds is 6. The van der Waals surface area contributed by atoms with Crippen molar-refractivity contribution in [1.82, 2.24) is 4.98 Å². The molecule has 6 nitrogen and oxygen atoms in total. The summed E-state index contributed by atoms with van der Waals surface area (Å²) in [6.07, 6.45) is 0.770. The van der Waals surface area contributed by atoms with Crippen LogP contribution in [0.4, 0.5) is 8.78 Å². The first-order valence-corrected chi connectivity index (χ1v) is 11.8. The van der Waals surface area contributed by atoms with Gasteiger partial charge in [0.2, 0.25) is 0 Å². The second-order valence-corrected chi connectivity index (χ2v) is 11.3. The van der Waals surface area contributed by atoms with Crippen molar-refractivity contribution in [2.24, 2.45) is 9.50 Å². The van der Waals surface area contributed by atoms with E-state index in [1.54, 1.807) is 13.8 Å². The number of pyridine rings is 1. The number of hydrogen-bond acceptors (Lipinski definition) is 5. The van der Waals surface area contributed by atoms with Crippen LogP contribution in [0.2, 0.25) is 0 Å². The van der Waals surface area contributed by atoms with Crippen LogP contribution in [0.3, 0.4) is 0 Å². The molecule has 0 radical (unpaired) electrons. The maximum Gasteiger partial charge on any atom is 0.259 e. The lowest BCUT2D eigenvalue weighted by Gasteiger charge is -2.18. The van der Waals surface area contributed by atoms with Gasteiger partial charge in [0.25, 0.3) is 5.91 Å². The summed E-state index contributed by atoms with van der Waals surface area (Å²) in [4.78, 5) is 17.0. The second kappa shape index (κ2) is 8.78. The molecule has 1 unspecified atom stereocenters. The third-order valence-corrected chi connectivity index (χ3v) is 7.81. The molecule has 3 N–H and O–H groups in total. The van der Waals surface area contributed by atoms with E-state index in [4.69, 9.17) is 5.14 Å². The fourth-order valence-corrected chi connectivity index (χ4v) is 5.51. The van der Waals surface area contributed by atoms with Gasteiger partial charge in [-0.05, 0) is 42.9 Å². The molecule has 2 rings (SSSR count). The van der Waals surface area contributed by atoms with Gasteiger partial charge >= 0.3 is 0 Å². The van der Waals surface area contributed by atoms with E-state index in [9.17, 15) is 22.9 Å². The number of nitrogens with zero attached hydrogens (tertiary/aromatic N) is 2. The number of aliphatic hydroxyl groups is 1. The lowest BCUT2D eigenvalue weighted by Crippen LogP contribution is -2.18. The highest BCUT2D eigenvalue weighted by atomic mass is 32.2. The number of carbonyl (C=O) groups excluding carboxylic acids is 1. The first-order valence-electron chi connectivity index (χ1n) is 9.42. The Morgan fingerprint density at radius 3 is 2.33 bits per heavy atom. The average molecular weight is 460 g/mol. The monoisotopic (exact) mass is 459 g/mol. The Hall–Kier alpha value is -1.75. The lowest BCUT2D eigenvalue weighted by molar-refractivity contribution is -0.117. The molecule has 0 saturated heterocycles. The Bertz CT molecular complexity index is 1080. The van der Waals surface area contributed by atoms with Gasteiger partial charge < -0.3 is 5.11 Å². The van der Waals surface area contributed by atoms with Crippen LogP contribution >= 0.6 is 11.3 Å². The highest BCUT2D eigenvalue weighted by molar-refractivity contribution is 7.93. The molecule has 2 heterocycles. The van der Waals surface area contributed by atoms with E-state index < -0.39 is 37.3 Å². The van der Waals surface area contributed by atoms with E-state index in [0.29, 0.717) is 28.2 Å². The van der Waals surface area contributed by atoms with E-state index in [2.05, 4.69) is 9.35 Å². The number of carbonyl (C=O) groups is 1. The van der Waals surface area contributed by atoms with Crippen molar-refractivity contribution >= 4 is 27.2 Å². The summed E-state index contributed by atoms with van der Waals surface area (Å²) >= 11 is 0.696. The van der Waals surface area contributed by atoms with Crippen LogP contribution in [0, 0.1) is 11.6 Å². The molecule has 0 bridgehead atoms. The van der Waals surface area contributed by atoms with Crippen molar-refractivity contribution in [2.45, 2.75) is 69.6 Å². The summed E-state index contributed by atoms with van der Waals surface area (Å²) in [5.74, 6) is -2.61. The molecule has 0 aliphatic carbocycles. The summed E-state index contributed by atoms with van der Waals surface area (Å²) in [7, 11) is -3.88. The zero-order chi connectivity index (χ0) is 23.0. The van der Waals surface area contributed by atoms with Gasteiger partial charge in [-0.15, -0.1) is 15.7 Å². The molecule has 0 fully saturated rings. The first-order chi connectivity index (χ1) is 13.6. The highest BCUT2D eigenvalue weighted by Crippen LogP contribution is 2.33. The van der Waals surface area contributed by atoms with Gasteiger partial charge in [0.1, 0.15) is 5.82 Å². The Morgan fingerprint density at radius 1 is 1.27 bits per heavy atom. The number of halogens is 2. The van der Waals surface area contributed by atoms with Gasteiger partial charge in [-0.1, -0.05) is 27.7 Å². The number of hydrogen-bond donors (Lipinski definition) is 2. The smallest absolute Gasteiger partial charge is 0.259 e. The summed E-state index contributed by atoms with van der Waals surface area (Å²) in [5.41, 5.74) is -0.103. The predicted molar refractivity (Wildman–Crippen MR) is 114 cm³/mol. The van der Waals surface area contributed by atoms with Crippen LogP contribution in [-0.4, -0.2) is 20.2 Å². The molecule has 0 saturated carbocycles. The van der Waals surface area contributed by atoms with Gasteiger partial charge in [0.05, 0.1) is 18.2 Å². The quantitative estimate of drug-likeness (QED) is 0.669. The van der Waals surface area contributed by atoms with Gasteiger partial charge in [0.15, 0.2) is 19.9 Å². The molecular formula is C20H27F2N3O3S2. The normalized spacial score (nSPS) is 14.3. The Morgan fingerprint density at radius 2 is 1.87 bits per heavy atom. The molecule has 0 spiro atoms. The zero-order valence-corrected chi connectivity index (χ0v) is 19.5. The predicted octanol–water partition coefficient (Wildman–Crippen LogP) is 4.37. The van der Waals surface area contributed by atoms with Gasteiger partial charge in [-0.25, -0.2) is 18.1 Å². The summed E-state index contributed by atoms with van der Waals surface area (Å²) in [6, 6.07) is 1.02. The largest absolute Gasteiger partial charge is 0.385 e. The third kappa shape index (κ3) is 5.29. The van der Waals surface area contributed by atoms with Gasteiger partial charge in [0, 0.05) is 10.6 Å². The van der Waals surface area contributed by atoms with Crippen LogP contribution in [0.15, 0.2) is 20.8 Å². The minimum Gasteiger partial charge on any atom is -0.385 e. The van der Waals surface area contributed by atoms with Crippen LogP contribution in [0.5, 0.6) is 0 Å². The summed E-state index contributed by atoms with van der Waals surface area (Å²) in [5, 5.41) is 15.7. The fourth-order valence-electron chi connectivity index (χ4n) is 3.09. The van der Waals surface area contributed by atoms with Gasteiger partial charge in [-0.2, -0.15) is 0 Å². The first kappa shape index (κ1) is 24.5. The molecule has 30 heavy (non-hydrogen) atoms. The SMILES string of the molecule is CC(C)c1ncc(F)c(C(C)C)c1CC(=O)N=S(N)(=O)c1sc(C(C)(C)O)cc1F. The molecule has 1 amide bonds. The van der Waals surface area contributed by atoms with E-state index in [1.165, 1.54) is 13.8 Å². The van der Waals surface area contributed by atoms with Crippen LogP contribution in [0.25, 0.3) is 0 Å². The third-order valence-electron chi connectivity index (χ3n) is 4.42. The molecule has 2 aromatic rings. The number of amides is 1. The summed E-state index contributed by atoms with van der Waals surface area (Å²) in [6.45, 7) is 10.2. The van der Waals surface area contributed by atoms with Gasteiger partial charge in [-0.3, -0.25) is 9.78 Å². The Labute approximate surface area is 179 Å². The molecular weight excluding hydrogens is 432 g/mol. The number of nitrogens with two attached hydrogens (primary N) is 1. The number of aromatic nitrogens is 1. The molecule has 0 aliphatic rings. The topological polar surface area (TPSA) is 106 Å². The molecule has 166 valence electrons. The van der Waals surface area contributed by atoms with Crippen LogP contribution in [0.1, 0.15) is 75.1 Å². The van der Waals surface area contributed by atoms with E-state index in [1.807, 2.05) is 13.8 Å². The highest BCUT2D eigenvalue weighted by Gasteiger charge is 2.27. The maximum absolute atomic E-state index is 14.4. The van der Waals surface area contributed by atoms with Crippen molar-refractivity contribution in [3.8, 4) is 0 Å². The van der Waals surface area contributed by atoms with Crippen molar-refractivity contribution in [3.05, 3.63) is 45.6 Å². The minimum absolute atomic E-state index is 0.0859. The molecule has 2 aromatic heterocycles. The molecule has 0 aliphatic heterocycles. The van der Waals surface area contributed by atoms with Crippen molar-refractivity contribution < 1.29 is 22.9 Å². The molecule has 0 aromatic carbocycles. The van der Waals surface area contributed by atoms with Crippen molar-refractivity contribution in [3.63, 3.8) is 0 Å². The van der Waals surface area contributed by atoms with Crippen LogP contribution < -0.4 is 5.14 Å². The minimum atomic E-state index is -3.88. The molecule has 1 atom stereocenters. The zero-order valence-electron chi connectivity index (χ0n) is 17.8. The van der Waals surface area contributed by atoms with E-state index >= 15 is 0 Å². The van der Waals surface area contributed by atoms with Crippen molar-refractivity contribution in [1.29, 1.82) is 0 Å². The Balaban J connectivity index is 2.51. The summed E-state index contributed by atoms with van der Waals surface area (Å²) < 4.78 is 44.7.